The summed E-state index contributed by atoms with van der Waals surface area (Å²) in [6, 6.07) is 1.75. The summed E-state index contributed by atoms with van der Waals surface area (Å²) in [6.07, 6.45) is 2.38. The summed E-state index contributed by atoms with van der Waals surface area (Å²) in [4.78, 5) is 7.90. The lowest BCUT2D eigenvalue weighted by Gasteiger charge is -2.04. The van der Waals surface area contributed by atoms with E-state index in [1.54, 1.807) is 13.2 Å². The van der Waals surface area contributed by atoms with E-state index < -0.39 is 0 Å². The zero-order chi connectivity index (χ0) is 9.52. The smallest absolute Gasteiger partial charge is 0.218 e. The van der Waals surface area contributed by atoms with Gasteiger partial charge in [0, 0.05) is 12.6 Å². The van der Waals surface area contributed by atoms with Crippen molar-refractivity contribution in [2.75, 3.05) is 25.5 Å². The van der Waals surface area contributed by atoms with Crippen LogP contribution in [0.15, 0.2) is 12.4 Å². The number of methoxy groups -OCH3 is 1. The minimum Gasteiger partial charge on any atom is -0.481 e. The van der Waals surface area contributed by atoms with E-state index in [1.165, 1.54) is 6.33 Å². The highest BCUT2D eigenvalue weighted by molar-refractivity contribution is 5.36. The highest BCUT2D eigenvalue weighted by Crippen LogP contribution is 2.09. The third kappa shape index (κ3) is 3.25. The zero-order valence-corrected chi connectivity index (χ0v) is 7.66. The van der Waals surface area contributed by atoms with E-state index in [0.717, 1.165) is 18.8 Å². The molecule has 0 spiro atoms. The molecule has 0 atom stereocenters. The highest BCUT2D eigenvalue weighted by atomic mass is 16.5. The lowest BCUT2D eigenvalue weighted by Crippen LogP contribution is -2.09. The van der Waals surface area contributed by atoms with Gasteiger partial charge in [0.05, 0.1) is 7.11 Å². The Kier molecular flexibility index (Phi) is 3.98. The topological polar surface area (TPSA) is 73.1 Å². The first-order valence-electron chi connectivity index (χ1n) is 4.17. The van der Waals surface area contributed by atoms with Crippen LogP contribution in [0, 0.1) is 0 Å². The van der Waals surface area contributed by atoms with Gasteiger partial charge < -0.3 is 15.8 Å². The summed E-state index contributed by atoms with van der Waals surface area (Å²) >= 11 is 0. The lowest BCUT2D eigenvalue weighted by atomic mass is 10.4. The third-order valence-corrected chi connectivity index (χ3v) is 1.54. The van der Waals surface area contributed by atoms with Crippen molar-refractivity contribution in [1.82, 2.24) is 9.97 Å². The summed E-state index contributed by atoms with van der Waals surface area (Å²) in [6.45, 7) is 1.49. The average Bonchev–Trinajstić information content (AvgIpc) is 2.19. The number of nitrogens with two attached hydrogens (primary N) is 1. The van der Waals surface area contributed by atoms with Gasteiger partial charge >= 0.3 is 0 Å². The predicted octanol–water partition coefficient (Wildman–Crippen LogP) is 0.246. The molecule has 3 N–H and O–H groups in total. The number of hydrogen-bond acceptors (Lipinski definition) is 5. The molecule has 5 heteroatoms. The second-order valence-electron chi connectivity index (χ2n) is 2.51. The highest BCUT2D eigenvalue weighted by Gasteiger charge is 1.96. The number of nitrogens with zero attached hydrogens (tertiary/aromatic N) is 2. The van der Waals surface area contributed by atoms with Crippen molar-refractivity contribution in [2.45, 2.75) is 6.42 Å². The van der Waals surface area contributed by atoms with Gasteiger partial charge in [-0.15, -0.1) is 0 Å². The van der Waals surface area contributed by atoms with Gasteiger partial charge in [-0.05, 0) is 13.0 Å². The zero-order valence-electron chi connectivity index (χ0n) is 7.66. The minimum atomic E-state index is 0.560. The fraction of sp³-hybridized carbons (Fsp3) is 0.500. The van der Waals surface area contributed by atoms with Crippen LogP contribution in [-0.2, 0) is 0 Å². The van der Waals surface area contributed by atoms with Gasteiger partial charge in [-0.1, -0.05) is 0 Å². The van der Waals surface area contributed by atoms with Gasteiger partial charge in [0.2, 0.25) is 5.88 Å². The Morgan fingerprint density at radius 1 is 1.54 bits per heavy atom. The van der Waals surface area contributed by atoms with Crippen LogP contribution in [0.2, 0.25) is 0 Å². The molecule has 1 aromatic heterocycles. The van der Waals surface area contributed by atoms with Crippen molar-refractivity contribution in [3.8, 4) is 5.88 Å². The normalized spacial score (nSPS) is 9.69. The summed E-state index contributed by atoms with van der Waals surface area (Å²) < 4.78 is 4.95. The van der Waals surface area contributed by atoms with Crippen molar-refractivity contribution >= 4 is 5.82 Å². The van der Waals surface area contributed by atoms with E-state index in [1.807, 2.05) is 0 Å². The van der Waals surface area contributed by atoms with Crippen molar-refractivity contribution in [2.24, 2.45) is 5.73 Å². The number of rotatable bonds is 5. The molecule has 0 amide bonds. The first-order valence-corrected chi connectivity index (χ1v) is 4.17. The van der Waals surface area contributed by atoms with Gasteiger partial charge in [-0.25, -0.2) is 9.97 Å². The van der Waals surface area contributed by atoms with Crippen molar-refractivity contribution in [1.29, 1.82) is 0 Å². The molecule has 0 radical (unpaired) electrons. The van der Waals surface area contributed by atoms with Gasteiger partial charge in [0.15, 0.2) is 0 Å². The van der Waals surface area contributed by atoms with Crippen molar-refractivity contribution in [3.63, 3.8) is 0 Å². The Bertz CT molecular complexity index is 254. The Morgan fingerprint density at radius 3 is 3.08 bits per heavy atom. The molecular formula is C8H14N4O. The molecule has 1 rings (SSSR count). The van der Waals surface area contributed by atoms with E-state index in [4.69, 9.17) is 10.5 Å². The molecule has 0 bridgehead atoms. The van der Waals surface area contributed by atoms with Crippen LogP contribution < -0.4 is 15.8 Å². The van der Waals surface area contributed by atoms with Crippen LogP contribution in [0.25, 0.3) is 0 Å². The molecule has 72 valence electrons. The van der Waals surface area contributed by atoms with Crippen LogP contribution in [0.1, 0.15) is 6.42 Å². The quantitative estimate of drug-likeness (QED) is 0.638. The van der Waals surface area contributed by atoms with E-state index >= 15 is 0 Å². The fourth-order valence-corrected chi connectivity index (χ4v) is 0.866. The maximum absolute atomic E-state index is 5.35. The number of ether oxygens (including phenoxy) is 1. The van der Waals surface area contributed by atoms with Gasteiger partial charge in [0.25, 0.3) is 0 Å². The Morgan fingerprint density at radius 2 is 2.38 bits per heavy atom. The van der Waals surface area contributed by atoms with Gasteiger partial charge in [-0.2, -0.15) is 0 Å². The molecule has 0 fully saturated rings. The molecule has 1 heterocycles. The number of hydrogen-bond donors (Lipinski definition) is 2. The molecule has 0 saturated heterocycles. The molecule has 0 aromatic carbocycles. The first-order chi connectivity index (χ1) is 6.36. The Balaban J connectivity index is 2.46. The molecule has 5 nitrogen and oxygen atoms in total. The Hall–Kier alpha value is -1.36. The summed E-state index contributed by atoms with van der Waals surface area (Å²) in [5.41, 5.74) is 5.35. The van der Waals surface area contributed by atoms with Crippen LogP contribution in [0.3, 0.4) is 0 Å². The monoisotopic (exact) mass is 182 g/mol. The van der Waals surface area contributed by atoms with E-state index in [9.17, 15) is 0 Å². The van der Waals surface area contributed by atoms with Crippen LogP contribution >= 0.6 is 0 Å². The molecule has 1 aromatic rings. The number of aromatic nitrogens is 2. The van der Waals surface area contributed by atoms with Crippen molar-refractivity contribution < 1.29 is 4.74 Å². The van der Waals surface area contributed by atoms with E-state index in [0.29, 0.717) is 12.4 Å². The summed E-state index contributed by atoms with van der Waals surface area (Å²) in [7, 11) is 1.58. The maximum atomic E-state index is 5.35. The molecular weight excluding hydrogens is 168 g/mol. The second-order valence-corrected chi connectivity index (χ2v) is 2.51. The SMILES string of the molecule is COc1cc(NCCCN)ncn1. The van der Waals surface area contributed by atoms with Crippen molar-refractivity contribution in [3.05, 3.63) is 12.4 Å². The fourth-order valence-electron chi connectivity index (χ4n) is 0.866. The molecule has 0 saturated carbocycles. The molecule has 0 aliphatic carbocycles. The number of anilines is 1. The summed E-state index contributed by atoms with van der Waals surface area (Å²) in [5, 5.41) is 3.11. The van der Waals surface area contributed by atoms with Gasteiger partial charge in [0.1, 0.15) is 12.1 Å². The summed E-state index contributed by atoms with van der Waals surface area (Å²) in [5.74, 6) is 1.32. The lowest BCUT2D eigenvalue weighted by molar-refractivity contribution is 0.397. The van der Waals surface area contributed by atoms with E-state index in [2.05, 4.69) is 15.3 Å². The van der Waals surface area contributed by atoms with Crippen LogP contribution in [-0.4, -0.2) is 30.2 Å². The molecule has 13 heavy (non-hydrogen) atoms. The Labute approximate surface area is 77.3 Å². The average molecular weight is 182 g/mol. The predicted molar refractivity (Wildman–Crippen MR) is 50.7 cm³/mol. The molecule has 0 aliphatic heterocycles. The second kappa shape index (κ2) is 5.31. The van der Waals surface area contributed by atoms with E-state index in [-0.39, 0.29) is 0 Å². The molecule has 0 aliphatic rings. The largest absolute Gasteiger partial charge is 0.481 e. The van der Waals surface area contributed by atoms with Crippen LogP contribution in [0.4, 0.5) is 5.82 Å². The van der Waals surface area contributed by atoms with Gasteiger partial charge in [-0.3, -0.25) is 0 Å². The minimum absolute atomic E-state index is 0.560. The maximum Gasteiger partial charge on any atom is 0.218 e. The first kappa shape index (κ1) is 9.73. The van der Waals surface area contributed by atoms with Crippen LogP contribution in [0.5, 0.6) is 5.88 Å². The number of nitrogens with one attached hydrogen (secondary N) is 1. The standard InChI is InChI=1S/C8H14N4O/c1-13-8-5-7(11-6-12-8)10-4-2-3-9/h5-6H,2-4,9H2,1H3,(H,10,11,12). The third-order valence-electron chi connectivity index (χ3n) is 1.54. The molecule has 0 unspecified atom stereocenters.